The lowest BCUT2D eigenvalue weighted by Crippen LogP contribution is -2.24. The summed E-state index contributed by atoms with van der Waals surface area (Å²) in [5.41, 5.74) is 2.47. The summed E-state index contributed by atoms with van der Waals surface area (Å²) in [6, 6.07) is 10.5. The molecule has 2 aromatic carbocycles. The lowest BCUT2D eigenvalue weighted by atomic mass is 10.0. The van der Waals surface area contributed by atoms with Gasteiger partial charge in [0.25, 0.3) is 0 Å². The van der Waals surface area contributed by atoms with Gasteiger partial charge in [-0.15, -0.1) is 13.2 Å². The number of hydrogen-bond acceptors (Lipinski definition) is 5. The molecule has 2 aromatic rings. The molecule has 0 radical (unpaired) electrons. The van der Waals surface area contributed by atoms with Gasteiger partial charge in [-0.3, -0.25) is 4.79 Å². The Morgan fingerprint density at radius 3 is 2.17 bits per heavy atom. The van der Waals surface area contributed by atoms with Gasteiger partial charge in [0.2, 0.25) is 0 Å². The lowest BCUT2D eigenvalue weighted by molar-refractivity contribution is -0.274. The van der Waals surface area contributed by atoms with Crippen molar-refractivity contribution < 1.29 is 32.2 Å². The molecule has 29 heavy (non-hydrogen) atoms. The first kappa shape index (κ1) is 22.1. The topological polar surface area (TPSA) is 67.9 Å². The average Bonchev–Trinajstić information content (AvgIpc) is 2.68. The Balaban J connectivity index is 2.44. The molecule has 156 valence electrons. The van der Waals surface area contributed by atoms with E-state index in [1.165, 1.54) is 24.3 Å². The molecule has 0 fully saturated rings. The Morgan fingerprint density at radius 2 is 1.66 bits per heavy atom. The molecule has 0 spiro atoms. The van der Waals surface area contributed by atoms with Crippen LogP contribution in [0, 0.1) is 0 Å². The van der Waals surface area contributed by atoms with E-state index in [1.54, 1.807) is 18.2 Å². The normalized spacial score (nSPS) is 11.0. The fourth-order valence-corrected chi connectivity index (χ4v) is 2.80. The summed E-state index contributed by atoms with van der Waals surface area (Å²) in [5, 5.41) is 2.44. The van der Waals surface area contributed by atoms with E-state index in [9.17, 15) is 22.8 Å². The number of benzene rings is 2. The second-order valence-electron chi connectivity index (χ2n) is 5.92. The van der Waals surface area contributed by atoms with Crippen LogP contribution in [-0.4, -0.2) is 38.4 Å². The number of carbonyl (C=O) groups excluding carboxylic acids is 2. The molecule has 0 atom stereocenters. The highest BCUT2D eigenvalue weighted by Crippen LogP contribution is 2.35. The van der Waals surface area contributed by atoms with Gasteiger partial charge in [-0.05, 0) is 49.7 Å². The summed E-state index contributed by atoms with van der Waals surface area (Å²) in [6.45, 7) is 5.35. The van der Waals surface area contributed by atoms with Crippen LogP contribution in [0.25, 0.3) is 11.1 Å². The van der Waals surface area contributed by atoms with Crippen molar-refractivity contribution in [2.75, 3.05) is 30.4 Å². The standard InChI is InChI=1S/C20H21F3N2O4/c1-4-25(5-2)17-11-8-14(24-18(26)19(27)28-3)12-16(17)13-6-9-15(10-7-13)29-20(21,22)23/h6-12H,4-5H2,1-3H3,(H,24,26). The molecule has 1 amide bonds. The van der Waals surface area contributed by atoms with E-state index in [2.05, 4.69) is 19.7 Å². The number of halogens is 3. The van der Waals surface area contributed by atoms with Crippen LogP contribution in [0.1, 0.15) is 13.8 Å². The van der Waals surface area contributed by atoms with Crippen LogP contribution >= 0.6 is 0 Å². The van der Waals surface area contributed by atoms with E-state index in [0.29, 0.717) is 29.9 Å². The van der Waals surface area contributed by atoms with Crippen molar-refractivity contribution in [1.82, 2.24) is 0 Å². The summed E-state index contributed by atoms with van der Waals surface area (Å²) in [6.07, 6.45) is -4.77. The number of ether oxygens (including phenoxy) is 2. The summed E-state index contributed by atoms with van der Waals surface area (Å²) >= 11 is 0. The maximum Gasteiger partial charge on any atom is 0.573 e. The molecule has 6 nitrogen and oxygen atoms in total. The molecule has 0 saturated carbocycles. The summed E-state index contributed by atoms with van der Waals surface area (Å²) in [5.74, 6) is -2.29. The maximum atomic E-state index is 12.4. The molecule has 0 aromatic heterocycles. The maximum absolute atomic E-state index is 12.4. The van der Waals surface area contributed by atoms with Gasteiger partial charge in [0.05, 0.1) is 7.11 Å². The van der Waals surface area contributed by atoms with Crippen LogP contribution in [0.2, 0.25) is 0 Å². The SMILES string of the molecule is CCN(CC)c1ccc(NC(=O)C(=O)OC)cc1-c1ccc(OC(F)(F)F)cc1. The first-order valence-electron chi connectivity index (χ1n) is 8.83. The van der Waals surface area contributed by atoms with E-state index < -0.39 is 18.2 Å². The number of esters is 1. The second kappa shape index (κ2) is 9.31. The Labute approximate surface area is 166 Å². The molecule has 0 saturated heterocycles. The Hall–Kier alpha value is -3.23. The molecule has 0 aliphatic heterocycles. The fraction of sp³-hybridized carbons (Fsp3) is 0.300. The highest BCUT2D eigenvalue weighted by atomic mass is 19.4. The summed E-state index contributed by atoms with van der Waals surface area (Å²) in [7, 11) is 1.10. The van der Waals surface area contributed by atoms with E-state index in [0.717, 1.165) is 12.8 Å². The Bertz CT molecular complexity index is 863. The number of alkyl halides is 3. The molecule has 0 heterocycles. The molecular formula is C20H21F3N2O4. The van der Waals surface area contributed by atoms with Gasteiger partial charge in [0.15, 0.2) is 0 Å². The number of nitrogens with zero attached hydrogens (tertiary/aromatic N) is 1. The average molecular weight is 410 g/mol. The van der Waals surface area contributed by atoms with Crippen molar-refractivity contribution in [2.45, 2.75) is 20.2 Å². The zero-order valence-corrected chi connectivity index (χ0v) is 16.2. The molecular weight excluding hydrogens is 389 g/mol. The Kier molecular flexibility index (Phi) is 7.08. The largest absolute Gasteiger partial charge is 0.573 e. The highest BCUT2D eigenvalue weighted by molar-refractivity contribution is 6.37. The first-order valence-corrected chi connectivity index (χ1v) is 8.83. The van der Waals surface area contributed by atoms with Crippen molar-refractivity contribution in [3.05, 3.63) is 42.5 Å². The Morgan fingerprint density at radius 1 is 1.03 bits per heavy atom. The first-order chi connectivity index (χ1) is 13.7. The third kappa shape index (κ3) is 5.87. The number of nitrogens with one attached hydrogen (secondary N) is 1. The molecule has 0 bridgehead atoms. The van der Waals surface area contributed by atoms with Crippen molar-refractivity contribution in [2.24, 2.45) is 0 Å². The minimum Gasteiger partial charge on any atom is -0.462 e. The number of hydrogen-bond donors (Lipinski definition) is 1. The van der Waals surface area contributed by atoms with Gasteiger partial charge in [-0.2, -0.15) is 0 Å². The van der Waals surface area contributed by atoms with Crippen LogP contribution in [0.5, 0.6) is 5.75 Å². The minimum absolute atomic E-state index is 0.333. The molecule has 0 unspecified atom stereocenters. The van der Waals surface area contributed by atoms with Gasteiger partial charge in [0, 0.05) is 30.0 Å². The zero-order chi connectivity index (χ0) is 21.6. The predicted molar refractivity (Wildman–Crippen MR) is 103 cm³/mol. The summed E-state index contributed by atoms with van der Waals surface area (Å²) < 4.78 is 45.5. The third-order valence-corrected chi connectivity index (χ3v) is 4.13. The van der Waals surface area contributed by atoms with Crippen LogP contribution in [0.3, 0.4) is 0 Å². The second-order valence-corrected chi connectivity index (χ2v) is 5.92. The van der Waals surface area contributed by atoms with Crippen molar-refractivity contribution in [3.8, 4) is 16.9 Å². The van der Waals surface area contributed by atoms with Crippen LogP contribution in [0.15, 0.2) is 42.5 Å². The highest BCUT2D eigenvalue weighted by Gasteiger charge is 2.31. The number of amides is 1. The van der Waals surface area contributed by atoms with Gasteiger partial charge in [-0.1, -0.05) is 12.1 Å². The number of rotatable bonds is 6. The van der Waals surface area contributed by atoms with Gasteiger partial charge in [0.1, 0.15) is 5.75 Å². The van der Waals surface area contributed by atoms with Gasteiger partial charge >= 0.3 is 18.2 Å². The van der Waals surface area contributed by atoms with Crippen molar-refractivity contribution in [3.63, 3.8) is 0 Å². The molecule has 1 N–H and O–H groups in total. The zero-order valence-electron chi connectivity index (χ0n) is 16.2. The van der Waals surface area contributed by atoms with Crippen molar-refractivity contribution in [1.29, 1.82) is 0 Å². The van der Waals surface area contributed by atoms with E-state index in [1.807, 2.05) is 13.8 Å². The predicted octanol–water partition coefficient (Wildman–Crippen LogP) is 4.21. The quantitative estimate of drug-likeness (QED) is 0.571. The van der Waals surface area contributed by atoms with Crippen LogP contribution < -0.4 is 15.0 Å². The molecule has 0 aliphatic carbocycles. The minimum atomic E-state index is -4.77. The molecule has 0 aliphatic rings. The van der Waals surface area contributed by atoms with E-state index in [4.69, 9.17) is 0 Å². The number of methoxy groups -OCH3 is 1. The number of carbonyl (C=O) groups is 2. The van der Waals surface area contributed by atoms with Gasteiger partial charge < -0.3 is 19.7 Å². The molecule has 9 heteroatoms. The molecule has 2 rings (SSSR count). The summed E-state index contributed by atoms with van der Waals surface area (Å²) in [4.78, 5) is 25.2. The fourth-order valence-electron chi connectivity index (χ4n) is 2.80. The van der Waals surface area contributed by atoms with Crippen molar-refractivity contribution >= 4 is 23.3 Å². The number of anilines is 2. The smallest absolute Gasteiger partial charge is 0.462 e. The van der Waals surface area contributed by atoms with E-state index >= 15 is 0 Å². The lowest BCUT2D eigenvalue weighted by Gasteiger charge is -2.25. The van der Waals surface area contributed by atoms with Crippen LogP contribution in [0.4, 0.5) is 24.5 Å². The third-order valence-electron chi connectivity index (χ3n) is 4.13. The van der Waals surface area contributed by atoms with E-state index in [-0.39, 0.29) is 5.75 Å². The van der Waals surface area contributed by atoms with Crippen LogP contribution in [-0.2, 0) is 14.3 Å². The monoisotopic (exact) mass is 410 g/mol. The van der Waals surface area contributed by atoms with Gasteiger partial charge in [-0.25, -0.2) is 4.79 Å².